The fourth-order valence-corrected chi connectivity index (χ4v) is 0.748. The molecule has 0 aromatic carbocycles. The van der Waals surface area contributed by atoms with Gasteiger partial charge in [0.25, 0.3) is 5.56 Å². The summed E-state index contributed by atoms with van der Waals surface area (Å²) in [6, 6.07) is 1.60. The molecule has 0 fully saturated rings. The van der Waals surface area contributed by atoms with Crippen LogP contribution in [0.3, 0.4) is 0 Å². The molecule has 11 heavy (non-hydrogen) atoms. The molecule has 1 N–H and O–H groups in total. The molecule has 0 spiro atoms. The lowest BCUT2D eigenvalue weighted by molar-refractivity contribution is -0.107. The Balaban J connectivity index is 3.04. The van der Waals surface area contributed by atoms with Crippen molar-refractivity contribution in [3.63, 3.8) is 0 Å². The Labute approximate surface area is 63.3 Å². The van der Waals surface area contributed by atoms with Crippen LogP contribution in [-0.4, -0.2) is 16.5 Å². The zero-order valence-corrected chi connectivity index (χ0v) is 6.13. The van der Waals surface area contributed by atoms with Crippen LogP contribution >= 0.6 is 0 Å². The van der Waals surface area contributed by atoms with E-state index >= 15 is 0 Å². The Morgan fingerprint density at radius 2 is 2.45 bits per heavy atom. The molecule has 0 saturated carbocycles. The highest BCUT2D eigenvalue weighted by Gasteiger charge is 1.96. The monoisotopic (exact) mass is 152 g/mol. The molecule has 0 aliphatic carbocycles. The number of rotatable bonds is 2. The van der Waals surface area contributed by atoms with Crippen LogP contribution in [0, 0.1) is 6.92 Å². The Hall–Kier alpha value is -1.45. The van der Waals surface area contributed by atoms with Gasteiger partial charge in [0.05, 0.1) is 5.69 Å². The summed E-state index contributed by atoms with van der Waals surface area (Å²) in [6.07, 6.45) is 0.998. The molecular formula is C7H8N2O2. The van der Waals surface area contributed by atoms with Crippen molar-refractivity contribution in [1.29, 1.82) is 0 Å². The van der Waals surface area contributed by atoms with Gasteiger partial charge in [0.2, 0.25) is 0 Å². The maximum atomic E-state index is 10.8. The van der Waals surface area contributed by atoms with E-state index in [0.29, 0.717) is 11.3 Å². The summed E-state index contributed by atoms with van der Waals surface area (Å²) in [5.41, 5.74) is 0.966. The van der Waals surface area contributed by atoms with Gasteiger partial charge in [-0.05, 0) is 13.0 Å². The molecule has 0 amide bonds. The van der Waals surface area contributed by atoms with Crippen molar-refractivity contribution >= 4 is 6.29 Å². The molecule has 0 saturated heterocycles. The van der Waals surface area contributed by atoms with Crippen molar-refractivity contribution in [3.8, 4) is 0 Å². The molecule has 1 heterocycles. The first-order chi connectivity index (χ1) is 5.24. The third kappa shape index (κ3) is 1.73. The predicted octanol–water partition coefficient (Wildman–Crippen LogP) is -0.180. The largest absolute Gasteiger partial charge is 0.303 e. The summed E-state index contributed by atoms with van der Waals surface area (Å²) in [5.74, 6) is 0. The molecule has 0 bridgehead atoms. The van der Waals surface area contributed by atoms with Gasteiger partial charge in [0, 0.05) is 12.0 Å². The molecule has 0 radical (unpaired) electrons. The normalized spacial score (nSPS) is 9.55. The minimum absolute atomic E-state index is 0.209. The van der Waals surface area contributed by atoms with Gasteiger partial charge in [0.1, 0.15) is 6.29 Å². The first-order valence-electron chi connectivity index (χ1n) is 3.23. The van der Waals surface area contributed by atoms with E-state index in [0.717, 1.165) is 6.29 Å². The smallest absolute Gasteiger partial charge is 0.267 e. The molecular weight excluding hydrogens is 144 g/mol. The fourth-order valence-electron chi connectivity index (χ4n) is 0.748. The molecule has 1 aromatic heterocycles. The van der Waals surface area contributed by atoms with Crippen LogP contribution in [0.15, 0.2) is 10.9 Å². The summed E-state index contributed by atoms with van der Waals surface area (Å²) >= 11 is 0. The highest BCUT2D eigenvalue weighted by Crippen LogP contribution is 1.92. The molecule has 0 aliphatic heterocycles. The molecule has 0 atom stereocenters. The fraction of sp³-hybridized carbons (Fsp3) is 0.286. The van der Waals surface area contributed by atoms with E-state index in [-0.39, 0.29) is 12.0 Å². The van der Waals surface area contributed by atoms with E-state index in [1.54, 1.807) is 13.0 Å². The maximum Gasteiger partial charge on any atom is 0.267 e. The van der Waals surface area contributed by atoms with Gasteiger partial charge in [-0.3, -0.25) is 4.79 Å². The summed E-state index contributed by atoms with van der Waals surface area (Å²) in [7, 11) is 0. The first-order valence-corrected chi connectivity index (χ1v) is 3.23. The average molecular weight is 152 g/mol. The van der Waals surface area contributed by atoms with Gasteiger partial charge in [-0.1, -0.05) is 0 Å². The number of nitrogens with zero attached hydrogens (tertiary/aromatic N) is 1. The van der Waals surface area contributed by atoms with Crippen LogP contribution in [-0.2, 0) is 11.2 Å². The SMILES string of the molecule is Cc1cc(CC=O)n[nH]c1=O. The van der Waals surface area contributed by atoms with Gasteiger partial charge in [-0.25, -0.2) is 5.10 Å². The van der Waals surface area contributed by atoms with Crippen molar-refractivity contribution in [2.24, 2.45) is 0 Å². The van der Waals surface area contributed by atoms with Crippen molar-refractivity contribution in [2.45, 2.75) is 13.3 Å². The number of H-pyrrole nitrogens is 1. The minimum atomic E-state index is -0.209. The lowest BCUT2D eigenvalue weighted by atomic mass is 10.2. The Morgan fingerprint density at radius 3 is 3.00 bits per heavy atom. The summed E-state index contributed by atoms with van der Waals surface area (Å²) in [5, 5.41) is 5.95. The van der Waals surface area contributed by atoms with E-state index in [2.05, 4.69) is 10.2 Å². The van der Waals surface area contributed by atoms with Crippen LogP contribution in [0.25, 0.3) is 0 Å². The van der Waals surface area contributed by atoms with E-state index in [1.165, 1.54) is 0 Å². The number of aromatic amines is 1. The number of nitrogens with one attached hydrogen (secondary N) is 1. The van der Waals surface area contributed by atoms with Crippen molar-refractivity contribution in [3.05, 3.63) is 27.7 Å². The number of aryl methyl sites for hydroxylation is 1. The number of hydrogen-bond acceptors (Lipinski definition) is 3. The molecule has 1 aromatic rings. The van der Waals surface area contributed by atoms with Crippen molar-refractivity contribution < 1.29 is 4.79 Å². The van der Waals surface area contributed by atoms with Crippen molar-refractivity contribution in [1.82, 2.24) is 10.2 Å². The van der Waals surface area contributed by atoms with Gasteiger partial charge in [-0.15, -0.1) is 0 Å². The van der Waals surface area contributed by atoms with Crippen LogP contribution in [0.4, 0.5) is 0 Å². The zero-order chi connectivity index (χ0) is 8.27. The quantitative estimate of drug-likeness (QED) is 0.598. The summed E-state index contributed by atoms with van der Waals surface area (Å²) in [6.45, 7) is 1.68. The highest BCUT2D eigenvalue weighted by atomic mass is 16.1. The van der Waals surface area contributed by atoms with E-state index in [9.17, 15) is 9.59 Å². The lowest BCUT2D eigenvalue weighted by Crippen LogP contribution is -2.12. The third-order valence-electron chi connectivity index (χ3n) is 1.33. The average Bonchev–Trinajstić information content (AvgIpc) is 1.98. The maximum absolute atomic E-state index is 10.8. The van der Waals surface area contributed by atoms with Crippen LogP contribution in [0.2, 0.25) is 0 Å². The molecule has 0 aliphatic rings. The van der Waals surface area contributed by atoms with Gasteiger partial charge < -0.3 is 4.79 Å². The third-order valence-corrected chi connectivity index (χ3v) is 1.33. The Morgan fingerprint density at radius 1 is 1.73 bits per heavy atom. The zero-order valence-electron chi connectivity index (χ0n) is 6.13. The lowest BCUT2D eigenvalue weighted by Gasteiger charge is -1.93. The van der Waals surface area contributed by atoms with E-state index in [4.69, 9.17) is 0 Å². The minimum Gasteiger partial charge on any atom is -0.303 e. The second-order valence-corrected chi connectivity index (χ2v) is 2.24. The van der Waals surface area contributed by atoms with Gasteiger partial charge in [-0.2, -0.15) is 5.10 Å². The Bertz CT molecular complexity index is 316. The number of hydrogen-bond donors (Lipinski definition) is 1. The van der Waals surface area contributed by atoms with Crippen LogP contribution in [0.1, 0.15) is 11.3 Å². The molecule has 1 rings (SSSR count). The second kappa shape index (κ2) is 3.09. The van der Waals surface area contributed by atoms with Crippen molar-refractivity contribution in [2.75, 3.05) is 0 Å². The standard InChI is InChI=1S/C7H8N2O2/c1-5-4-6(2-3-10)8-9-7(5)11/h3-4H,2H2,1H3,(H,9,11). The molecule has 4 nitrogen and oxygen atoms in total. The van der Waals surface area contributed by atoms with Crippen LogP contribution in [0.5, 0.6) is 0 Å². The highest BCUT2D eigenvalue weighted by molar-refractivity contribution is 5.53. The molecule has 0 unspecified atom stereocenters. The summed E-state index contributed by atoms with van der Waals surface area (Å²) in [4.78, 5) is 20.8. The number of aromatic nitrogens is 2. The van der Waals surface area contributed by atoms with E-state index < -0.39 is 0 Å². The van der Waals surface area contributed by atoms with Gasteiger partial charge >= 0.3 is 0 Å². The van der Waals surface area contributed by atoms with Crippen LogP contribution < -0.4 is 5.56 Å². The summed E-state index contributed by atoms with van der Waals surface area (Å²) < 4.78 is 0. The van der Waals surface area contributed by atoms with Gasteiger partial charge in [0.15, 0.2) is 0 Å². The predicted molar refractivity (Wildman–Crippen MR) is 39.4 cm³/mol. The molecule has 4 heteroatoms. The molecule has 58 valence electrons. The van der Waals surface area contributed by atoms with E-state index in [1.807, 2.05) is 0 Å². The first kappa shape index (κ1) is 7.65. The Kier molecular flexibility index (Phi) is 2.15. The number of aldehydes is 1. The second-order valence-electron chi connectivity index (χ2n) is 2.24. The number of carbonyl (C=O) groups is 1. The number of carbonyl (C=O) groups excluding carboxylic acids is 1. The topological polar surface area (TPSA) is 62.8 Å².